The maximum Gasteiger partial charge on any atom is 0.243 e. The Balaban J connectivity index is 1.72. The van der Waals surface area contributed by atoms with Gasteiger partial charge in [0.05, 0.1) is 11.4 Å². The maximum atomic E-state index is 12.8. The van der Waals surface area contributed by atoms with Crippen LogP contribution in [0.5, 0.6) is 0 Å². The summed E-state index contributed by atoms with van der Waals surface area (Å²) in [6, 6.07) is 11.9. The number of likely N-dealkylation sites (N-methyl/N-ethyl adjacent to an activating group) is 1. The van der Waals surface area contributed by atoms with Crippen LogP contribution in [0, 0.1) is 6.92 Å². The number of sulfonamides is 1. The quantitative estimate of drug-likeness (QED) is 0.822. The van der Waals surface area contributed by atoms with E-state index in [9.17, 15) is 18.0 Å². The molecule has 0 bridgehead atoms. The van der Waals surface area contributed by atoms with Crippen LogP contribution in [-0.2, 0) is 26.0 Å². The Bertz CT molecular complexity index is 1000. The molecule has 3 rings (SSSR count). The first-order valence-electron chi connectivity index (χ1n) is 8.51. The topological polar surface area (TPSA) is 95.6 Å². The molecule has 1 heterocycles. The summed E-state index contributed by atoms with van der Waals surface area (Å²) in [4.78, 5) is 23.7. The van der Waals surface area contributed by atoms with Crippen molar-refractivity contribution in [1.82, 2.24) is 4.31 Å². The van der Waals surface area contributed by atoms with E-state index >= 15 is 0 Å². The Hall–Kier alpha value is -2.71. The van der Waals surface area contributed by atoms with Crippen molar-refractivity contribution in [3.63, 3.8) is 0 Å². The Labute approximate surface area is 158 Å². The average Bonchev–Trinajstić information content (AvgIpc) is 2.61. The van der Waals surface area contributed by atoms with Crippen LogP contribution in [-0.4, -0.2) is 38.1 Å². The van der Waals surface area contributed by atoms with Crippen molar-refractivity contribution >= 4 is 33.2 Å². The standard InChI is InChI=1S/C19H21N3O4S/c1-13-4-3-5-15(10-13)20-19(24)12-22(2)27(25,26)16-7-8-17-14(11-16)6-9-18(23)21-17/h3-5,7-8,10-11H,6,9,12H2,1-2H3,(H,20,24)(H,21,23). The molecule has 0 aromatic heterocycles. The summed E-state index contributed by atoms with van der Waals surface area (Å²) in [5, 5.41) is 5.42. The van der Waals surface area contributed by atoms with Crippen LogP contribution in [0.2, 0.25) is 0 Å². The molecule has 0 unspecified atom stereocenters. The summed E-state index contributed by atoms with van der Waals surface area (Å²) < 4.78 is 26.6. The van der Waals surface area contributed by atoms with Gasteiger partial charge in [0.2, 0.25) is 21.8 Å². The van der Waals surface area contributed by atoms with Gasteiger partial charge in [0, 0.05) is 24.8 Å². The van der Waals surface area contributed by atoms with Crippen molar-refractivity contribution in [3.8, 4) is 0 Å². The lowest BCUT2D eigenvalue weighted by Crippen LogP contribution is -2.35. The molecule has 2 aromatic rings. The Morgan fingerprint density at radius 2 is 1.96 bits per heavy atom. The van der Waals surface area contributed by atoms with E-state index in [2.05, 4.69) is 10.6 Å². The van der Waals surface area contributed by atoms with Gasteiger partial charge in [-0.2, -0.15) is 4.31 Å². The molecule has 2 amide bonds. The van der Waals surface area contributed by atoms with E-state index in [0.717, 1.165) is 15.4 Å². The number of nitrogens with one attached hydrogen (secondary N) is 2. The first kappa shape index (κ1) is 19.1. The Morgan fingerprint density at radius 1 is 1.19 bits per heavy atom. The molecular formula is C19H21N3O4S. The molecule has 0 saturated heterocycles. The van der Waals surface area contributed by atoms with Crippen molar-refractivity contribution in [1.29, 1.82) is 0 Å². The lowest BCUT2D eigenvalue weighted by atomic mass is 10.0. The summed E-state index contributed by atoms with van der Waals surface area (Å²) in [6.07, 6.45) is 0.813. The maximum absolute atomic E-state index is 12.8. The zero-order chi connectivity index (χ0) is 19.6. The van der Waals surface area contributed by atoms with Crippen LogP contribution < -0.4 is 10.6 Å². The number of aryl methyl sites for hydroxylation is 2. The number of amides is 2. The van der Waals surface area contributed by atoms with E-state index in [1.165, 1.54) is 13.1 Å². The number of fused-ring (bicyclic) bond motifs is 1. The number of carbonyl (C=O) groups excluding carboxylic acids is 2. The van der Waals surface area contributed by atoms with Gasteiger partial charge in [0.1, 0.15) is 0 Å². The fraction of sp³-hybridized carbons (Fsp3) is 0.263. The van der Waals surface area contributed by atoms with Gasteiger partial charge in [-0.05, 0) is 54.8 Å². The molecule has 142 valence electrons. The molecule has 0 radical (unpaired) electrons. The van der Waals surface area contributed by atoms with Gasteiger partial charge in [-0.3, -0.25) is 9.59 Å². The Kier molecular flexibility index (Phi) is 5.29. The van der Waals surface area contributed by atoms with Crippen LogP contribution >= 0.6 is 0 Å². The first-order chi connectivity index (χ1) is 12.8. The summed E-state index contributed by atoms with van der Waals surface area (Å²) in [5.41, 5.74) is 3.02. The molecule has 27 heavy (non-hydrogen) atoms. The van der Waals surface area contributed by atoms with E-state index in [1.54, 1.807) is 18.2 Å². The minimum Gasteiger partial charge on any atom is -0.326 e. The van der Waals surface area contributed by atoms with Crippen molar-refractivity contribution in [3.05, 3.63) is 53.6 Å². The van der Waals surface area contributed by atoms with Crippen molar-refractivity contribution in [2.24, 2.45) is 0 Å². The van der Waals surface area contributed by atoms with Crippen molar-refractivity contribution in [2.75, 3.05) is 24.2 Å². The molecule has 0 atom stereocenters. The predicted molar refractivity (Wildman–Crippen MR) is 103 cm³/mol. The number of rotatable bonds is 5. The van der Waals surface area contributed by atoms with Gasteiger partial charge < -0.3 is 10.6 Å². The largest absolute Gasteiger partial charge is 0.326 e. The van der Waals surface area contributed by atoms with E-state index in [0.29, 0.717) is 24.2 Å². The SMILES string of the molecule is Cc1cccc(NC(=O)CN(C)S(=O)(=O)c2ccc3c(c2)CCC(=O)N3)c1. The summed E-state index contributed by atoms with van der Waals surface area (Å²) in [7, 11) is -2.45. The highest BCUT2D eigenvalue weighted by Crippen LogP contribution is 2.26. The number of anilines is 2. The fourth-order valence-electron chi connectivity index (χ4n) is 2.91. The number of benzene rings is 2. The summed E-state index contributed by atoms with van der Waals surface area (Å²) in [6.45, 7) is 1.61. The van der Waals surface area contributed by atoms with Gasteiger partial charge in [0.15, 0.2) is 0 Å². The molecule has 0 saturated carbocycles. The lowest BCUT2D eigenvalue weighted by Gasteiger charge is -2.20. The van der Waals surface area contributed by atoms with Crippen molar-refractivity contribution in [2.45, 2.75) is 24.7 Å². The zero-order valence-corrected chi connectivity index (χ0v) is 16.0. The van der Waals surface area contributed by atoms with E-state index in [-0.39, 0.29) is 17.3 Å². The predicted octanol–water partition coefficient (Wildman–Crippen LogP) is 2.14. The first-order valence-corrected chi connectivity index (χ1v) is 9.95. The van der Waals surface area contributed by atoms with E-state index < -0.39 is 15.9 Å². The monoisotopic (exact) mass is 387 g/mol. The minimum atomic E-state index is -3.82. The fourth-order valence-corrected chi connectivity index (χ4v) is 4.09. The second-order valence-electron chi connectivity index (χ2n) is 6.55. The van der Waals surface area contributed by atoms with Crippen LogP contribution in [0.15, 0.2) is 47.4 Å². The highest BCUT2D eigenvalue weighted by atomic mass is 32.2. The normalized spacial score (nSPS) is 13.8. The number of hydrogen-bond donors (Lipinski definition) is 2. The second kappa shape index (κ2) is 7.50. The molecular weight excluding hydrogens is 366 g/mol. The van der Waals surface area contributed by atoms with Crippen molar-refractivity contribution < 1.29 is 18.0 Å². The zero-order valence-electron chi connectivity index (χ0n) is 15.2. The smallest absolute Gasteiger partial charge is 0.243 e. The third kappa shape index (κ3) is 4.35. The second-order valence-corrected chi connectivity index (χ2v) is 8.59. The van der Waals surface area contributed by atoms with Gasteiger partial charge in [0.25, 0.3) is 0 Å². The van der Waals surface area contributed by atoms with Gasteiger partial charge in [-0.15, -0.1) is 0 Å². The van der Waals surface area contributed by atoms with Crippen LogP contribution in [0.1, 0.15) is 17.5 Å². The van der Waals surface area contributed by atoms with Gasteiger partial charge >= 0.3 is 0 Å². The van der Waals surface area contributed by atoms with E-state index in [4.69, 9.17) is 0 Å². The molecule has 0 fully saturated rings. The van der Waals surface area contributed by atoms with Crippen LogP contribution in [0.3, 0.4) is 0 Å². The number of nitrogens with zero attached hydrogens (tertiary/aromatic N) is 1. The highest BCUT2D eigenvalue weighted by Gasteiger charge is 2.25. The molecule has 2 aromatic carbocycles. The lowest BCUT2D eigenvalue weighted by molar-refractivity contribution is -0.117. The molecule has 7 nitrogen and oxygen atoms in total. The average molecular weight is 387 g/mol. The number of hydrogen-bond acceptors (Lipinski definition) is 4. The molecule has 0 spiro atoms. The van der Waals surface area contributed by atoms with Crippen LogP contribution in [0.25, 0.3) is 0 Å². The molecule has 8 heteroatoms. The number of carbonyl (C=O) groups is 2. The Morgan fingerprint density at radius 3 is 2.70 bits per heavy atom. The molecule has 1 aliphatic rings. The molecule has 1 aliphatic heterocycles. The third-order valence-electron chi connectivity index (χ3n) is 4.35. The highest BCUT2D eigenvalue weighted by molar-refractivity contribution is 7.89. The van der Waals surface area contributed by atoms with Crippen LogP contribution in [0.4, 0.5) is 11.4 Å². The summed E-state index contributed by atoms with van der Waals surface area (Å²) in [5.74, 6) is -0.500. The molecule has 2 N–H and O–H groups in total. The van der Waals surface area contributed by atoms with E-state index in [1.807, 2.05) is 25.1 Å². The van der Waals surface area contributed by atoms with Gasteiger partial charge in [-0.1, -0.05) is 12.1 Å². The molecule has 0 aliphatic carbocycles. The minimum absolute atomic E-state index is 0.0805. The summed E-state index contributed by atoms with van der Waals surface area (Å²) >= 11 is 0. The van der Waals surface area contributed by atoms with Gasteiger partial charge in [-0.25, -0.2) is 8.42 Å². The third-order valence-corrected chi connectivity index (χ3v) is 6.15.